The summed E-state index contributed by atoms with van der Waals surface area (Å²) in [6.45, 7) is 12.2. The summed E-state index contributed by atoms with van der Waals surface area (Å²) < 4.78 is -0.232. The summed E-state index contributed by atoms with van der Waals surface area (Å²) in [6.07, 6.45) is 0.371. The Morgan fingerprint density at radius 1 is 0.731 bits per heavy atom. The maximum Gasteiger partial charge on any atom is 0.242 e. The van der Waals surface area contributed by atoms with Crippen molar-refractivity contribution in [3.05, 3.63) is 0 Å². The standard InChI is InChI=1S/C18H28N2O4S2/c1-17(2,3)25-11-9-13(21)19(15(11)23)7-8-20-14(22)10-12(16(20)24)26-18(4,5)6/h11-12H,7-10H2,1-6H3. The van der Waals surface area contributed by atoms with Gasteiger partial charge in [0, 0.05) is 35.4 Å². The van der Waals surface area contributed by atoms with Crippen LogP contribution in [0.4, 0.5) is 0 Å². The maximum absolute atomic E-state index is 12.5. The van der Waals surface area contributed by atoms with Crippen LogP contribution in [0.15, 0.2) is 0 Å². The molecule has 4 amide bonds. The molecule has 0 spiro atoms. The SMILES string of the molecule is CC(C)(C)SC1CC(=O)N(CCN2C(=O)CC(SC(C)(C)C)C2=O)C1=O. The van der Waals surface area contributed by atoms with Gasteiger partial charge in [0.15, 0.2) is 0 Å². The Hall–Kier alpha value is -1.02. The number of thioether (sulfide) groups is 2. The van der Waals surface area contributed by atoms with E-state index in [1.54, 1.807) is 0 Å². The Balaban J connectivity index is 1.96. The van der Waals surface area contributed by atoms with Crippen LogP contribution >= 0.6 is 23.5 Å². The fourth-order valence-corrected chi connectivity index (χ4v) is 5.63. The highest BCUT2D eigenvalue weighted by Crippen LogP contribution is 2.36. The highest BCUT2D eigenvalue weighted by molar-refractivity contribution is 8.02. The molecule has 2 rings (SSSR count). The number of carbonyl (C=O) groups is 4. The van der Waals surface area contributed by atoms with Crippen LogP contribution in [0, 0.1) is 0 Å². The van der Waals surface area contributed by atoms with Crippen LogP contribution in [0.3, 0.4) is 0 Å². The lowest BCUT2D eigenvalue weighted by atomic mass is 10.3. The van der Waals surface area contributed by atoms with Gasteiger partial charge in [0.25, 0.3) is 0 Å². The Morgan fingerprint density at radius 2 is 1.04 bits per heavy atom. The molecule has 0 radical (unpaired) electrons. The van der Waals surface area contributed by atoms with Gasteiger partial charge in [-0.3, -0.25) is 29.0 Å². The number of nitrogens with zero attached hydrogens (tertiary/aromatic N) is 2. The monoisotopic (exact) mass is 400 g/mol. The Morgan fingerprint density at radius 3 is 1.31 bits per heavy atom. The predicted octanol–water partition coefficient (Wildman–Crippen LogP) is 2.30. The number of carbonyl (C=O) groups excluding carboxylic acids is 4. The van der Waals surface area contributed by atoms with Gasteiger partial charge in [0.2, 0.25) is 23.6 Å². The van der Waals surface area contributed by atoms with Crippen LogP contribution in [0.25, 0.3) is 0 Å². The topological polar surface area (TPSA) is 74.8 Å². The van der Waals surface area contributed by atoms with Crippen molar-refractivity contribution in [1.82, 2.24) is 9.80 Å². The van der Waals surface area contributed by atoms with Crippen LogP contribution in [0.5, 0.6) is 0 Å². The summed E-state index contributed by atoms with van der Waals surface area (Å²) in [7, 11) is 0. The highest BCUT2D eigenvalue weighted by atomic mass is 32.2. The number of hydrogen-bond acceptors (Lipinski definition) is 6. The highest BCUT2D eigenvalue weighted by Gasteiger charge is 2.44. The van der Waals surface area contributed by atoms with Crippen molar-refractivity contribution in [1.29, 1.82) is 0 Å². The molecular weight excluding hydrogens is 372 g/mol. The molecule has 2 saturated heterocycles. The largest absolute Gasteiger partial charge is 0.280 e. The van der Waals surface area contributed by atoms with Crippen LogP contribution in [0.1, 0.15) is 54.4 Å². The van der Waals surface area contributed by atoms with Gasteiger partial charge in [-0.1, -0.05) is 41.5 Å². The lowest BCUT2D eigenvalue weighted by Crippen LogP contribution is -2.42. The Bertz CT molecular complexity index is 568. The molecular formula is C18H28N2O4S2. The van der Waals surface area contributed by atoms with Crippen LogP contribution in [-0.2, 0) is 19.2 Å². The first-order chi connectivity index (χ1) is 11.8. The predicted molar refractivity (Wildman–Crippen MR) is 105 cm³/mol. The second-order valence-corrected chi connectivity index (χ2v) is 12.7. The average Bonchev–Trinajstić information content (AvgIpc) is 2.84. The molecule has 8 heteroatoms. The molecule has 0 bridgehead atoms. The number of likely N-dealkylation sites (tertiary alicyclic amines) is 2. The van der Waals surface area contributed by atoms with E-state index in [0.717, 1.165) is 0 Å². The van der Waals surface area contributed by atoms with E-state index in [2.05, 4.69) is 0 Å². The molecule has 0 aromatic carbocycles. The molecule has 2 fully saturated rings. The zero-order chi connectivity index (χ0) is 19.9. The molecule has 0 aromatic heterocycles. The van der Waals surface area contributed by atoms with Gasteiger partial charge in [-0.05, 0) is 0 Å². The average molecular weight is 401 g/mol. The van der Waals surface area contributed by atoms with Crippen molar-refractivity contribution in [2.45, 2.75) is 74.4 Å². The normalized spacial score (nSPS) is 25.0. The van der Waals surface area contributed by atoms with Crippen LogP contribution in [0.2, 0.25) is 0 Å². The van der Waals surface area contributed by atoms with E-state index in [0.29, 0.717) is 0 Å². The molecule has 2 unspecified atom stereocenters. The molecule has 2 heterocycles. The molecule has 0 aliphatic carbocycles. The second-order valence-electron chi connectivity index (χ2n) is 8.61. The number of hydrogen-bond donors (Lipinski definition) is 0. The first-order valence-electron chi connectivity index (χ1n) is 8.82. The van der Waals surface area contributed by atoms with E-state index >= 15 is 0 Å². The zero-order valence-electron chi connectivity index (χ0n) is 16.3. The first kappa shape index (κ1) is 21.3. The summed E-state index contributed by atoms with van der Waals surface area (Å²) in [5.41, 5.74) is 0. The van der Waals surface area contributed by atoms with Crippen molar-refractivity contribution in [3.8, 4) is 0 Å². The van der Waals surface area contributed by atoms with Gasteiger partial charge in [-0.25, -0.2) is 0 Å². The van der Waals surface area contributed by atoms with Gasteiger partial charge in [0.05, 0.1) is 10.5 Å². The van der Waals surface area contributed by atoms with Gasteiger partial charge in [-0.15, -0.1) is 23.5 Å². The lowest BCUT2D eigenvalue weighted by molar-refractivity contribution is -0.143. The van der Waals surface area contributed by atoms with Crippen molar-refractivity contribution >= 4 is 47.2 Å². The van der Waals surface area contributed by atoms with E-state index in [-0.39, 0.29) is 69.6 Å². The number of imide groups is 2. The van der Waals surface area contributed by atoms with Gasteiger partial charge in [0.1, 0.15) is 0 Å². The van der Waals surface area contributed by atoms with Gasteiger partial charge >= 0.3 is 0 Å². The molecule has 2 atom stereocenters. The molecule has 0 N–H and O–H groups in total. The minimum Gasteiger partial charge on any atom is -0.280 e. The molecule has 2 aliphatic heterocycles. The third-order valence-corrected chi connectivity index (χ3v) is 6.66. The van der Waals surface area contributed by atoms with Gasteiger partial charge < -0.3 is 0 Å². The molecule has 146 valence electrons. The Labute approximate surface area is 163 Å². The molecule has 6 nitrogen and oxygen atoms in total. The Kier molecular flexibility index (Phi) is 6.17. The third-order valence-electron chi connectivity index (χ3n) is 3.94. The quantitative estimate of drug-likeness (QED) is 0.659. The molecule has 2 aliphatic rings. The summed E-state index contributed by atoms with van der Waals surface area (Å²) in [5.74, 6) is -0.878. The smallest absolute Gasteiger partial charge is 0.242 e. The minimum absolute atomic E-state index is 0.0866. The number of rotatable bonds is 5. The lowest BCUT2D eigenvalue weighted by Gasteiger charge is -2.23. The summed E-state index contributed by atoms with van der Waals surface area (Å²) >= 11 is 2.97. The van der Waals surface area contributed by atoms with E-state index in [9.17, 15) is 19.2 Å². The second kappa shape index (κ2) is 7.54. The summed E-state index contributed by atoms with van der Waals surface area (Å²) in [5, 5.41) is -0.756. The van der Waals surface area contributed by atoms with Crippen molar-refractivity contribution in [3.63, 3.8) is 0 Å². The van der Waals surface area contributed by atoms with Crippen LogP contribution in [-0.4, -0.2) is 66.5 Å². The van der Waals surface area contributed by atoms with E-state index in [1.165, 1.54) is 33.3 Å². The van der Waals surface area contributed by atoms with Gasteiger partial charge in [-0.2, -0.15) is 0 Å². The van der Waals surface area contributed by atoms with E-state index in [1.807, 2.05) is 41.5 Å². The first-order valence-corrected chi connectivity index (χ1v) is 10.6. The van der Waals surface area contributed by atoms with Crippen molar-refractivity contribution in [2.75, 3.05) is 13.1 Å². The summed E-state index contributed by atoms with van der Waals surface area (Å²) in [4.78, 5) is 51.8. The van der Waals surface area contributed by atoms with Crippen molar-refractivity contribution in [2.24, 2.45) is 0 Å². The minimum atomic E-state index is -0.378. The van der Waals surface area contributed by atoms with E-state index < -0.39 is 0 Å². The fourth-order valence-electron chi connectivity index (χ4n) is 3.01. The van der Waals surface area contributed by atoms with E-state index in [4.69, 9.17) is 0 Å². The summed E-state index contributed by atoms with van der Waals surface area (Å²) in [6, 6.07) is 0. The molecule has 0 aromatic rings. The van der Waals surface area contributed by atoms with Crippen LogP contribution < -0.4 is 0 Å². The molecule has 0 saturated carbocycles. The van der Waals surface area contributed by atoms with Crippen molar-refractivity contribution < 1.29 is 19.2 Å². The zero-order valence-corrected chi connectivity index (χ0v) is 18.0. The maximum atomic E-state index is 12.5. The number of amides is 4. The third kappa shape index (κ3) is 5.25. The molecule has 26 heavy (non-hydrogen) atoms. The fraction of sp³-hybridized carbons (Fsp3) is 0.778.